The molecule has 0 bridgehead atoms. The number of benzene rings is 2. The fourth-order valence-electron chi connectivity index (χ4n) is 2.63. The van der Waals surface area contributed by atoms with Crippen molar-refractivity contribution in [1.82, 2.24) is 10.3 Å². The van der Waals surface area contributed by atoms with Gasteiger partial charge in [-0.05, 0) is 67.4 Å². The molecular weight excluding hydrogens is 374 g/mol. The van der Waals surface area contributed by atoms with Crippen LogP contribution in [-0.4, -0.2) is 19.3 Å². The van der Waals surface area contributed by atoms with Crippen molar-refractivity contribution in [3.05, 3.63) is 89.2 Å². The van der Waals surface area contributed by atoms with Crippen molar-refractivity contribution < 1.29 is 13.2 Å². The highest BCUT2D eigenvalue weighted by Crippen LogP contribution is 2.22. The maximum atomic E-state index is 12.6. The summed E-state index contributed by atoms with van der Waals surface area (Å²) in [5.41, 5.74) is 3.53. The van der Waals surface area contributed by atoms with Gasteiger partial charge in [0.05, 0.1) is 22.8 Å². The summed E-state index contributed by atoms with van der Waals surface area (Å²) in [5, 5.41) is 2.76. The first kappa shape index (κ1) is 19.6. The Kier molecular flexibility index (Phi) is 5.75. The minimum absolute atomic E-state index is 0.0923. The lowest BCUT2D eigenvalue weighted by molar-refractivity contribution is 0.0950. The van der Waals surface area contributed by atoms with Crippen molar-refractivity contribution in [3.63, 3.8) is 0 Å². The number of nitrogens with zero attached hydrogens (tertiary/aromatic N) is 1. The topological polar surface area (TPSA) is 88.2 Å². The normalized spacial score (nSPS) is 11.1. The molecule has 1 aromatic heterocycles. The first-order chi connectivity index (χ1) is 13.4. The summed E-state index contributed by atoms with van der Waals surface area (Å²) in [7, 11) is -3.74. The third-order valence-electron chi connectivity index (χ3n) is 4.43. The maximum Gasteiger partial charge on any atom is 0.261 e. The van der Waals surface area contributed by atoms with Gasteiger partial charge in [0.25, 0.3) is 15.9 Å². The predicted molar refractivity (Wildman–Crippen MR) is 109 cm³/mol. The van der Waals surface area contributed by atoms with Gasteiger partial charge < -0.3 is 5.32 Å². The van der Waals surface area contributed by atoms with E-state index in [1.165, 1.54) is 24.3 Å². The van der Waals surface area contributed by atoms with Gasteiger partial charge in [0, 0.05) is 11.8 Å². The number of pyridine rings is 1. The lowest BCUT2D eigenvalue weighted by Gasteiger charge is -2.12. The number of amides is 1. The molecule has 0 atom stereocenters. The fourth-order valence-corrected chi connectivity index (χ4v) is 3.75. The molecule has 0 unspecified atom stereocenters. The molecule has 0 aliphatic rings. The molecule has 28 heavy (non-hydrogen) atoms. The average molecular weight is 395 g/mol. The lowest BCUT2D eigenvalue weighted by Crippen LogP contribution is -2.23. The van der Waals surface area contributed by atoms with Crippen LogP contribution in [0.5, 0.6) is 0 Å². The van der Waals surface area contributed by atoms with Gasteiger partial charge in [-0.15, -0.1) is 0 Å². The first-order valence-corrected chi connectivity index (χ1v) is 10.2. The highest BCUT2D eigenvalue weighted by Gasteiger charge is 2.16. The minimum atomic E-state index is -3.74. The van der Waals surface area contributed by atoms with Gasteiger partial charge >= 0.3 is 0 Å². The molecule has 2 N–H and O–H groups in total. The number of aryl methyl sites for hydroxylation is 1. The van der Waals surface area contributed by atoms with Crippen molar-refractivity contribution in [2.75, 3.05) is 4.72 Å². The van der Waals surface area contributed by atoms with E-state index in [1.54, 1.807) is 24.4 Å². The number of hydrogen-bond acceptors (Lipinski definition) is 4. The summed E-state index contributed by atoms with van der Waals surface area (Å²) < 4.78 is 27.9. The fraction of sp³-hybridized carbons (Fsp3) is 0.143. The Morgan fingerprint density at radius 3 is 2.39 bits per heavy atom. The molecule has 0 saturated heterocycles. The van der Waals surface area contributed by atoms with E-state index in [-0.39, 0.29) is 10.8 Å². The molecule has 0 radical (unpaired) electrons. The zero-order valence-electron chi connectivity index (χ0n) is 15.6. The summed E-state index contributed by atoms with van der Waals surface area (Å²) in [5.74, 6) is -0.294. The van der Waals surface area contributed by atoms with Gasteiger partial charge in [0.1, 0.15) is 0 Å². The summed E-state index contributed by atoms with van der Waals surface area (Å²) >= 11 is 0. The molecule has 0 aliphatic heterocycles. The van der Waals surface area contributed by atoms with Crippen LogP contribution in [-0.2, 0) is 16.6 Å². The number of carbonyl (C=O) groups is 1. The minimum Gasteiger partial charge on any atom is -0.346 e. The molecule has 7 heteroatoms. The monoisotopic (exact) mass is 395 g/mol. The smallest absolute Gasteiger partial charge is 0.261 e. The van der Waals surface area contributed by atoms with Crippen LogP contribution in [0, 0.1) is 13.8 Å². The van der Waals surface area contributed by atoms with E-state index in [4.69, 9.17) is 0 Å². The van der Waals surface area contributed by atoms with Gasteiger partial charge in [-0.25, -0.2) is 8.42 Å². The van der Waals surface area contributed by atoms with Crippen LogP contribution in [0.4, 0.5) is 5.69 Å². The average Bonchev–Trinajstić information content (AvgIpc) is 2.70. The molecular formula is C21H21N3O3S. The van der Waals surface area contributed by atoms with E-state index in [1.807, 2.05) is 32.0 Å². The number of carbonyl (C=O) groups excluding carboxylic acids is 1. The van der Waals surface area contributed by atoms with Crippen LogP contribution in [0.15, 0.2) is 71.8 Å². The second-order valence-electron chi connectivity index (χ2n) is 6.38. The summed E-state index contributed by atoms with van der Waals surface area (Å²) in [6.07, 6.45) is 1.66. The molecule has 6 nitrogen and oxygen atoms in total. The first-order valence-electron chi connectivity index (χ1n) is 8.74. The second kappa shape index (κ2) is 8.22. The molecule has 1 amide bonds. The third kappa shape index (κ3) is 4.55. The zero-order chi connectivity index (χ0) is 20.1. The van der Waals surface area contributed by atoms with Crippen LogP contribution in [0.25, 0.3) is 0 Å². The quantitative estimate of drug-likeness (QED) is 0.669. The van der Waals surface area contributed by atoms with Gasteiger partial charge in [-0.1, -0.05) is 18.2 Å². The van der Waals surface area contributed by atoms with E-state index in [2.05, 4.69) is 15.0 Å². The summed E-state index contributed by atoms with van der Waals surface area (Å²) in [6.45, 7) is 4.08. The number of hydrogen-bond donors (Lipinski definition) is 2. The van der Waals surface area contributed by atoms with Crippen molar-refractivity contribution in [1.29, 1.82) is 0 Å². The Bertz CT molecular complexity index is 1080. The van der Waals surface area contributed by atoms with Crippen molar-refractivity contribution in [2.45, 2.75) is 25.3 Å². The molecule has 0 aliphatic carbocycles. The molecule has 1 heterocycles. The van der Waals surface area contributed by atoms with Gasteiger partial charge in [-0.3, -0.25) is 14.5 Å². The van der Waals surface area contributed by atoms with E-state index in [0.29, 0.717) is 17.8 Å². The van der Waals surface area contributed by atoms with Crippen LogP contribution < -0.4 is 10.0 Å². The molecule has 144 valence electrons. The third-order valence-corrected chi connectivity index (χ3v) is 5.81. The van der Waals surface area contributed by atoms with E-state index >= 15 is 0 Å². The number of anilines is 1. The Balaban J connectivity index is 1.70. The molecule has 0 spiro atoms. The molecule has 3 rings (SSSR count). The van der Waals surface area contributed by atoms with Crippen molar-refractivity contribution in [2.24, 2.45) is 0 Å². The van der Waals surface area contributed by atoms with Crippen LogP contribution in [0.3, 0.4) is 0 Å². The maximum absolute atomic E-state index is 12.6. The van der Waals surface area contributed by atoms with E-state index in [9.17, 15) is 13.2 Å². The summed E-state index contributed by atoms with van der Waals surface area (Å²) in [6, 6.07) is 16.7. The van der Waals surface area contributed by atoms with Crippen LogP contribution in [0.2, 0.25) is 0 Å². The number of sulfonamides is 1. The second-order valence-corrected chi connectivity index (χ2v) is 8.06. The number of rotatable bonds is 6. The highest BCUT2D eigenvalue weighted by molar-refractivity contribution is 7.92. The van der Waals surface area contributed by atoms with Gasteiger partial charge in [-0.2, -0.15) is 0 Å². The Morgan fingerprint density at radius 2 is 1.71 bits per heavy atom. The van der Waals surface area contributed by atoms with Gasteiger partial charge in [0.2, 0.25) is 0 Å². The van der Waals surface area contributed by atoms with Crippen LogP contribution in [0.1, 0.15) is 27.2 Å². The lowest BCUT2D eigenvalue weighted by atomic mass is 10.1. The molecule has 0 saturated carbocycles. The van der Waals surface area contributed by atoms with E-state index < -0.39 is 10.0 Å². The Labute approximate surface area is 164 Å². The van der Waals surface area contributed by atoms with Crippen molar-refractivity contribution in [3.8, 4) is 0 Å². The number of nitrogens with one attached hydrogen (secondary N) is 2. The zero-order valence-corrected chi connectivity index (χ0v) is 16.5. The molecule has 2 aromatic carbocycles. The van der Waals surface area contributed by atoms with Gasteiger partial charge in [0.15, 0.2) is 0 Å². The Hall–Kier alpha value is -3.19. The predicted octanol–water partition coefficient (Wildman–Crippen LogP) is 3.43. The highest BCUT2D eigenvalue weighted by atomic mass is 32.2. The van der Waals surface area contributed by atoms with Crippen molar-refractivity contribution >= 4 is 21.6 Å². The van der Waals surface area contributed by atoms with Crippen LogP contribution >= 0.6 is 0 Å². The summed E-state index contributed by atoms with van der Waals surface area (Å²) in [4.78, 5) is 16.5. The van der Waals surface area contributed by atoms with E-state index in [0.717, 1.165) is 16.8 Å². The largest absolute Gasteiger partial charge is 0.346 e. The standard InChI is InChI=1S/C21H21N3O3S/c1-15-6-5-8-20(16(15)2)24-28(26,27)19-11-9-17(10-12-19)21(25)23-14-18-7-3-4-13-22-18/h3-13,24H,14H2,1-2H3,(H,23,25). The molecule has 3 aromatic rings. The molecule has 0 fully saturated rings. The number of aromatic nitrogens is 1. The SMILES string of the molecule is Cc1cccc(NS(=O)(=O)c2ccc(C(=O)NCc3ccccn3)cc2)c1C. The Morgan fingerprint density at radius 1 is 0.964 bits per heavy atom.